The number of primary amides is 1. The summed E-state index contributed by atoms with van der Waals surface area (Å²) in [6.45, 7) is 13.1. The van der Waals surface area contributed by atoms with Crippen LogP contribution in [0.2, 0.25) is 0 Å². The van der Waals surface area contributed by atoms with Crippen LogP contribution >= 0.6 is 0 Å². The Morgan fingerprint density at radius 3 is 1.95 bits per heavy atom. The third-order valence-electron chi connectivity index (χ3n) is 4.69. The van der Waals surface area contributed by atoms with Crippen molar-refractivity contribution in [3.05, 3.63) is 42.6 Å². The number of amides is 4. The van der Waals surface area contributed by atoms with Gasteiger partial charge in [0.1, 0.15) is 18.3 Å². The van der Waals surface area contributed by atoms with E-state index in [0.29, 0.717) is 18.7 Å². The fourth-order valence-electron chi connectivity index (χ4n) is 2.67. The molecule has 1 saturated heterocycles. The van der Waals surface area contributed by atoms with Gasteiger partial charge in [-0.25, -0.2) is 4.79 Å². The maximum absolute atomic E-state index is 12.0. The van der Waals surface area contributed by atoms with E-state index in [0.717, 1.165) is 17.9 Å². The molecule has 5 N–H and O–H groups in total. The monoisotopic (exact) mass is 547 g/mol. The summed E-state index contributed by atoms with van der Waals surface area (Å²) in [6.07, 6.45) is 12.9. The fourth-order valence-corrected chi connectivity index (χ4v) is 2.67. The lowest BCUT2D eigenvalue weighted by Crippen LogP contribution is -2.47. The molecular formula is C29H49N5O5. The second-order valence-corrected chi connectivity index (χ2v) is 8.29. The molecule has 2 fully saturated rings. The average molecular weight is 548 g/mol. The summed E-state index contributed by atoms with van der Waals surface area (Å²) in [5.74, 6) is 0.534. The van der Waals surface area contributed by atoms with Crippen molar-refractivity contribution in [2.24, 2.45) is 11.7 Å². The van der Waals surface area contributed by atoms with E-state index in [-0.39, 0.29) is 18.4 Å². The molecule has 1 heterocycles. The van der Waals surface area contributed by atoms with Gasteiger partial charge in [-0.1, -0.05) is 57.9 Å². The quantitative estimate of drug-likeness (QED) is 0.416. The number of carbonyl (C=O) groups excluding carboxylic acids is 4. The molecule has 0 aromatic heterocycles. The first kappa shape index (κ1) is 39.7. The maximum atomic E-state index is 12.0. The number of nitrogens with zero attached hydrogens (tertiary/aromatic N) is 1. The molecule has 4 amide bonds. The van der Waals surface area contributed by atoms with Gasteiger partial charge in [-0.3, -0.25) is 14.4 Å². The van der Waals surface area contributed by atoms with Crippen molar-refractivity contribution in [1.29, 1.82) is 0 Å². The zero-order chi connectivity index (χ0) is 30.8. The molecule has 1 aliphatic carbocycles. The van der Waals surface area contributed by atoms with E-state index < -0.39 is 18.0 Å². The average Bonchev–Trinajstić information content (AvgIpc) is 3.53. The van der Waals surface area contributed by atoms with Crippen LogP contribution in [0.3, 0.4) is 0 Å². The van der Waals surface area contributed by atoms with Crippen LogP contribution in [-0.2, 0) is 14.4 Å². The molecule has 220 valence electrons. The van der Waals surface area contributed by atoms with E-state index in [1.54, 1.807) is 12.1 Å². The van der Waals surface area contributed by atoms with Gasteiger partial charge >= 0.3 is 6.09 Å². The first-order valence-corrected chi connectivity index (χ1v) is 13.0. The van der Waals surface area contributed by atoms with Gasteiger partial charge in [0.15, 0.2) is 0 Å². The highest BCUT2D eigenvalue weighted by Crippen LogP contribution is 2.26. The van der Waals surface area contributed by atoms with Gasteiger partial charge in [0.05, 0.1) is 0 Å². The summed E-state index contributed by atoms with van der Waals surface area (Å²) >= 11 is 0. The molecule has 39 heavy (non-hydrogen) atoms. The normalized spacial score (nSPS) is 14.1. The fraction of sp³-hybridized carbons (Fsp3) is 0.517. The summed E-state index contributed by atoms with van der Waals surface area (Å²) in [7, 11) is 3.75. The topological polar surface area (TPSA) is 143 Å². The van der Waals surface area contributed by atoms with Crippen LogP contribution in [0.1, 0.15) is 58.9 Å². The largest absolute Gasteiger partial charge is 0.413 e. The summed E-state index contributed by atoms with van der Waals surface area (Å²) in [4.78, 5) is 46.1. The Morgan fingerprint density at radius 1 is 1.10 bits per heavy atom. The molecule has 0 spiro atoms. The zero-order valence-electron chi connectivity index (χ0n) is 24.7. The maximum Gasteiger partial charge on any atom is 0.413 e. The minimum Gasteiger partial charge on any atom is -0.410 e. The predicted molar refractivity (Wildman–Crippen MR) is 158 cm³/mol. The number of hydrogen-bond acceptors (Lipinski definition) is 6. The van der Waals surface area contributed by atoms with E-state index >= 15 is 0 Å². The van der Waals surface area contributed by atoms with Gasteiger partial charge in [-0.05, 0) is 58.1 Å². The summed E-state index contributed by atoms with van der Waals surface area (Å²) in [6, 6.07) is 6.38. The van der Waals surface area contributed by atoms with Gasteiger partial charge in [-0.2, -0.15) is 0 Å². The van der Waals surface area contributed by atoms with Crippen LogP contribution in [0.4, 0.5) is 4.79 Å². The zero-order valence-corrected chi connectivity index (χ0v) is 24.7. The van der Waals surface area contributed by atoms with Crippen LogP contribution < -0.4 is 26.4 Å². The standard InChI is InChI=1S/C15H19N3O4.C4H7NO.C4H8.C2H7N.C2H6.C2H2/c1-10-4-6-11(7-5-10)22-15(21)17-9-13(19)18-8-2-3-12(18)14(16)20;1-3-5-4(2)6;1-4-2-3-4;1-3-2;2*1-2/h4-7,12H,2-3,8-9H2,1H3,(H2,16,20)(H,17,21);3H,1H2,2H3,(H,5,6);4H,2-3H2,1H3;3H,1-2H3;1-2H3;1-2H/t12-;;;;;/m0...../s1. The van der Waals surface area contributed by atoms with Crippen LogP contribution in [-0.4, -0.2) is 61.9 Å². The number of nitrogens with one attached hydrogen (secondary N) is 3. The van der Waals surface area contributed by atoms with Crippen LogP contribution in [0.15, 0.2) is 37.0 Å². The predicted octanol–water partition coefficient (Wildman–Crippen LogP) is 3.35. The second-order valence-electron chi connectivity index (χ2n) is 8.29. The van der Waals surface area contributed by atoms with E-state index in [4.69, 9.17) is 10.5 Å². The van der Waals surface area contributed by atoms with Crippen LogP contribution in [0.5, 0.6) is 5.75 Å². The van der Waals surface area contributed by atoms with Gasteiger partial charge in [0.25, 0.3) is 0 Å². The molecule has 1 saturated carbocycles. The number of carbonyl (C=O) groups is 4. The van der Waals surface area contributed by atoms with Gasteiger partial charge in [0, 0.05) is 13.5 Å². The Morgan fingerprint density at radius 2 is 1.59 bits per heavy atom. The molecule has 0 radical (unpaired) electrons. The van der Waals surface area contributed by atoms with Crippen molar-refractivity contribution >= 4 is 23.8 Å². The highest BCUT2D eigenvalue weighted by atomic mass is 16.6. The molecule has 1 aromatic carbocycles. The van der Waals surface area contributed by atoms with Crippen molar-refractivity contribution < 1.29 is 23.9 Å². The smallest absolute Gasteiger partial charge is 0.410 e. The molecule has 0 bridgehead atoms. The number of terminal acetylenes is 1. The Kier molecular flexibility index (Phi) is 26.2. The minimum absolute atomic E-state index is 0.0787. The van der Waals surface area contributed by atoms with Crippen molar-refractivity contribution in [2.45, 2.75) is 66.3 Å². The number of benzene rings is 1. The van der Waals surface area contributed by atoms with Crippen molar-refractivity contribution in [1.82, 2.24) is 20.9 Å². The van der Waals surface area contributed by atoms with Gasteiger partial charge in [-0.15, -0.1) is 12.8 Å². The summed E-state index contributed by atoms with van der Waals surface area (Å²) in [5, 5.41) is 7.46. The molecule has 2 aliphatic rings. The number of rotatable bonds is 5. The van der Waals surface area contributed by atoms with E-state index in [1.165, 1.54) is 30.9 Å². The molecule has 10 heteroatoms. The number of aryl methyl sites for hydroxylation is 1. The highest BCUT2D eigenvalue weighted by Gasteiger charge is 2.32. The third-order valence-corrected chi connectivity index (χ3v) is 4.69. The van der Waals surface area contributed by atoms with Crippen LogP contribution in [0.25, 0.3) is 0 Å². The van der Waals surface area contributed by atoms with E-state index in [9.17, 15) is 19.2 Å². The van der Waals surface area contributed by atoms with E-state index in [2.05, 4.69) is 42.3 Å². The lowest BCUT2D eigenvalue weighted by molar-refractivity contribution is -0.136. The minimum atomic E-state index is -0.716. The first-order chi connectivity index (χ1) is 18.5. The lowest BCUT2D eigenvalue weighted by Gasteiger charge is -2.22. The van der Waals surface area contributed by atoms with Gasteiger partial charge < -0.3 is 31.3 Å². The Balaban J connectivity index is -0.000000622. The SMILES string of the molecule is C#C.C=CNC(C)=O.CC.CC1CC1.CNC.Cc1ccc(OC(=O)NCC(=O)N2CCC[C@H]2C(N)=O)cc1. The van der Waals surface area contributed by atoms with Gasteiger partial charge in [0.2, 0.25) is 17.7 Å². The molecule has 1 atom stereocenters. The molecule has 10 nitrogen and oxygen atoms in total. The highest BCUT2D eigenvalue weighted by molar-refractivity contribution is 5.89. The molecular weight excluding hydrogens is 498 g/mol. The molecule has 1 aromatic rings. The van der Waals surface area contributed by atoms with Crippen molar-refractivity contribution in [3.63, 3.8) is 0 Å². The van der Waals surface area contributed by atoms with Crippen LogP contribution in [0, 0.1) is 25.7 Å². The Hall–Kier alpha value is -3.84. The first-order valence-electron chi connectivity index (χ1n) is 13.0. The third kappa shape index (κ3) is 23.0. The second kappa shape index (κ2) is 25.8. The Bertz CT molecular complexity index is 851. The van der Waals surface area contributed by atoms with E-state index in [1.807, 2.05) is 47.0 Å². The number of hydrogen-bond donors (Lipinski definition) is 4. The summed E-state index contributed by atoms with van der Waals surface area (Å²) < 4.78 is 5.04. The Labute approximate surface area is 235 Å². The molecule has 0 unspecified atom stereocenters. The lowest BCUT2D eigenvalue weighted by atomic mass is 10.2. The van der Waals surface area contributed by atoms with Crippen molar-refractivity contribution in [3.8, 4) is 18.6 Å². The van der Waals surface area contributed by atoms with Crippen molar-refractivity contribution in [2.75, 3.05) is 27.2 Å². The molecule has 1 aliphatic heterocycles. The number of nitrogens with two attached hydrogens (primary N) is 1. The number of likely N-dealkylation sites (tertiary alicyclic amines) is 1. The number of ether oxygens (including phenoxy) is 1. The summed E-state index contributed by atoms with van der Waals surface area (Å²) in [5.41, 5.74) is 6.30. The molecule has 3 rings (SSSR count).